The third-order valence-electron chi connectivity index (χ3n) is 5.78. The summed E-state index contributed by atoms with van der Waals surface area (Å²) in [5.41, 5.74) is 1.25. The Morgan fingerprint density at radius 3 is 2.50 bits per heavy atom. The van der Waals surface area contributed by atoms with Crippen LogP contribution >= 0.6 is 0 Å². The number of pyridine rings is 1. The van der Waals surface area contributed by atoms with E-state index >= 15 is 0 Å². The molecule has 4 heteroatoms. The lowest BCUT2D eigenvalue weighted by Gasteiger charge is -2.47. The largest absolute Gasteiger partial charge is 0.355 e. The number of rotatable bonds is 2. The van der Waals surface area contributed by atoms with Crippen molar-refractivity contribution in [2.45, 2.75) is 44.6 Å². The van der Waals surface area contributed by atoms with Gasteiger partial charge in [0.15, 0.2) is 0 Å². The lowest BCUT2D eigenvalue weighted by Crippen LogP contribution is -2.44. The molecule has 3 rings (SSSR count). The van der Waals surface area contributed by atoms with Gasteiger partial charge in [0, 0.05) is 25.3 Å². The van der Waals surface area contributed by atoms with Gasteiger partial charge in [-0.2, -0.15) is 5.26 Å². The molecule has 0 bridgehead atoms. The number of nitrogens with zero attached hydrogens (tertiary/aromatic N) is 4. The van der Waals surface area contributed by atoms with Gasteiger partial charge in [0.05, 0.1) is 5.56 Å². The summed E-state index contributed by atoms with van der Waals surface area (Å²) in [7, 11) is 4.41. The average molecular weight is 298 g/mol. The van der Waals surface area contributed by atoms with Gasteiger partial charge in [-0.05, 0) is 70.2 Å². The van der Waals surface area contributed by atoms with Crippen molar-refractivity contribution in [1.29, 1.82) is 5.26 Å². The Bertz CT molecular complexity index is 542. The van der Waals surface area contributed by atoms with Crippen LogP contribution in [0.25, 0.3) is 0 Å². The smallest absolute Gasteiger partial charge is 0.146 e. The minimum Gasteiger partial charge on any atom is -0.355 e. The standard InChI is InChI=1S/C18H26N4/c1-21(2)16-5-7-18(8-6-16)9-12-22(13-10-18)17-15(14-19)4-3-11-20-17/h3-4,11,16H,5-10,12-13H2,1-2H3. The van der Waals surface area contributed by atoms with Gasteiger partial charge in [-0.1, -0.05) is 0 Å². The van der Waals surface area contributed by atoms with Crippen molar-refractivity contribution < 1.29 is 0 Å². The SMILES string of the molecule is CN(C)C1CCC2(CC1)CCN(c1ncccc1C#N)CC2. The highest BCUT2D eigenvalue weighted by atomic mass is 15.2. The van der Waals surface area contributed by atoms with Crippen LogP contribution in [0.3, 0.4) is 0 Å². The Balaban J connectivity index is 1.63. The van der Waals surface area contributed by atoms with Gasteiger partial charge in [0.1, 0.15) is 11.9 Å². The molecule has 1 saturated carbocycles. The second-order valence-electron chi connectivity index (χ2n) is 7.17. The monoisotopic (exact) mass is 298 g/mol. The van der Waals surface area contributed by atoms with Crippen molar-refractivity contribution in [3.63, 3.8) is 0 Å². The molecular formula is C18H26N4. The molecule has 0 unspecified atom stereocenters. The maximum Gasteiger partial charge on any atom is 0.146 e. The minimum absolute atomic E-state index is 0.546. The maximum atomic E-state index is 9.25. The van der Waals surface area contributed by atoms with Crippen molar-refractivity contribution >= 4 is 5.82 Å². The predicted octanol–water partition coefficient (Wildman–Crippen LogP) is 3.04. The molecular weight excluding hydrogens is 272 g/mol. The van der Waals surface area contributed by atoms with Crippen molar-refractivity contribution in [3.05, 3.63) is 23.9 Å². The quantitative estimate of drug-likeness (QED) is 0.841. The zero-order valence-corrected chi connectivity index (χ0v) is 13.8. The molecule has 2 heterocycles. The highest BCUT2D eigenvalue weighted by molar-refractivity contribution is 5.53. The van der Waals surface area contributed by atoms with E-state index in [9.17, 15) is 5.26 Å². The predicted molar refractivity (Wildman–Crippen MR) is 88.8 cm³/mol. The average Bonchev–Trinajstić information content (AvgIpc) is 2.56. The first kappa shape index (κ1) is 15.3. The molecule has 0 atom stereocenters. The number of piperidine rings is 1. The maximum absolute atomic E-state index is 9.25. The molecule has 0 N–H and O–H groups in total. The summed E-state index contributed by atoms with van der Waals surface area (Å²) in [5, 5.41) is 9.25. The molecule has 1 aliphatic carbocycles. The van der Waals surface area contributed by atoms with Gasteiger partial charge < -0.3 is 9.80 Å². The molecule has 1 aromatic rings. The number of anilines is 1. The van der Waals surface area contributed by atoms with E-state index in [0.717, 1.165) is 24.9 Å². The Hall–Kier alpha value is -1.60. The van der Waals surface area contributed by atoms with E-state index in [2.05, 4.69) is 34.9 Å². The fourth-order valence-electron chi connectivity index (χ4n) is 4.16. The van der Waals surface area contributed by atoms with Gasteiger partial charge in [-0.25, -0.2) is 4.98 Å². The Morgan fingerprint density at radius 2 is 1.91 bits per heavy atom. The summed E-state index contributed by atoms with van der Waals surface area (Å²) in [6.07, 6.45) is 9.67. The van der Waals surface area contributed by atoms with Crippen molar-refractivity contribution in [2.24, 2.45) is 5.41 Å². The van der Waals surface area contributed by atoms with Crippen LogP contribution in [0, 0.1) is 16.7 Å². The third kappa shape index (κ3) is 2.96. The molecule has 4 nitrogen and oxygen atoms in total. The third-order valence-corrected chi connectivity index (χ3v) is 5.78. The van der Waals surface area contributed by atoms with Crippen LogP contribution < -0.4 is 4.90 Å². The topological polar surface area (TPSA) is 43.2 Å². The van der Waals surface area contributed by atoms with Gasteiger partial charge in [-0.3, -0.25) is 0 Å². The summed E-state index contributed by atoms with van der Waals surface area (Å²) in [6, 6.07) is 6.75. The summed E-state index contributed by atoms with van der Waals surface area (Å²) >= 11 is 0. The molecule has 22 heavy (non-hydrogen) atoms. The van der Waals surface area contributed by atoms with Crippen molar-refractivity contribution in [2.75, 3.05) is 32.1 Å². The van der Waals surface area contributed by atoms with E-state index in [-0.39, 0.29) is 0 Å². The Labute approximate surface area is 133 Å². The zero-order chi connectivity index (χ0) is 15.6. The number of hydrogen-bond donors (Lipinski definition) is 0. The molecule has 1 saturated heterocycles. The molecule has 1 spiro atoms. The van der Waals surface area contributed by atoms with Crippen LogP contribution in [0.15, 0.2) is 18.3 Å². The Morgan fingerprint density at radius 1 is 1.23 bits per heavy atom. The molecule has 0 radical (unpaired) electrons. The molecule has 0 amide bonds. The summed E-state index contributed by atoms with van der Waals surface area (Å²) < 4.78 is 0. The molecule has 0 aromatic carbocycles. The van der Waals surface area contributed by atoms with Crippen LogP contribution in [0.2, 0.25) is 0 Å². The van der Waals surface area contributed by atoms with E-state index in [1.54, 1.807) is 6.20 Å². The van der Waals surface area contributed by atoms with E-state index < -0.39 is 0 Å². The van der Waals surface area contributed by atoms with E-state index in [0.29, 0.717) is 11.0 Å². The van der Waals surface area contributed by atoms with Crippen LogP contribution in [0.1, 0.15) is 44.1 Å². The van der Waals surface area contributed by atoms with E-state index in [1.807, 2.05) is 12.1 Å². The summed E-state index contributed by atoms with van der Waals surface area (Å²) in [5.74, 6) is 0.877. The van der Waals surface area contributed by atoms with Crippen LogP contribution in [0.5, 0.6) is 0 Å². The van der Waals surface area contributed by atoms with Gasteiger partial charge in [0.2, 0.25) is 0 Å². The lowest BCUT2D eigenvalue weighted by molar-refractivity contribution is 0.0922. The Kier molecular flexibility index (Phi) is 4.35. The van der Waals surface area contributed by atoms with Crippen LogP contribution in [-0.2, 0) is 0 Å². The van der Waals surface area contributed by atoms with Crippen LogP contribution in [-0.4, -0.2) is 43.1 Å². The zero-order valence-electron chi connectivity index (χ0n) is 13.8. The van der Waals surface area contributed by atoms with Gasteiger partial charge in [-0.15, -0.1) is 0 Å². The molecule has 118 valence electrons. The number of hydrogen-bond acceptors (Lipinski definition) is 4. The number of nitriles is 1. The molecule has 1 aromatic heterocycles. The van der Waals surface area contributed by atoms with Crippen LogP contribution in [0.4, 0.5) is 5.82 Å². The highest BCUT2D eigenvalue weighted by Gasteiger charge is 2.38. The fourth-order valence-corrected chi connectivity index (χ4v) is 4.16. The first-order chi connectivity index (χ1) is 10.6. The fraction of sp³-hybridized carbons (Fsp3) is 0.667. The highest BCUT2D eigenvalue weighted by Crippen LogP contribution is 2.45. The normalized spacial score (nSPS) is 22.0. The first-order valence-electron chi connectivity index (χ1n) is 8.40. The summed E-state index contributed by atoms with van der Waals surface area (Å²) in [6.45, 7) is 2.08. The van der Waals surface area contributed by atoms with E-state index in [1.165, 1.54) is 38.5 Å². The molecule has 1 aliphatic heterocycles. The first-order valence-corrected chi connectivity index (χ1v) is 8.40. The lowest BCUT2D eigenvalue weighted by atomic mass is 9.67. The van der Waals surface area contributed by atoms with Gasteiger partial charge >= 0.3 is 0 Å². The van der Waals surface area contributed by atoms with Crippen molar-refractivity contribution in [3.8, 4) is 6.07 Å². The minimum atomic E-state index is 0.546. The summed E-state index contributed by atoms with van der Waals surface area (Å²) in [4.78, 5) is 9.13. The van der Waals surface area contributed by atoms with Gasteiger partial charge in [0.25, 0.3) is 0 Å². The second kappa shape index (κ2) is 6.26. The molecule has 2 aliphatic rings. The second-order valence-corrected chi connectivity index (χ2v) is 7.17. The van der Waals surface area contributed by atoms with E-state index in [4.69, 9.17) is 0 Å². The van der Waals surface area contributed by atoms with Crippen molar-refractivity contribution in [1.82, 2.24) is 9.88 Å². The molecule has 2 fully saturated rings. The number of aromatic nitrogens is 1.